The van der Waals surface area contributed by atoms with Crippen LogP contribution in [-0.4, -0.2) is 33.8 Å². The minimum Gasteiger partial charge on any atom is -0.357 e. The Morgan fingerprint density at radius 1 is 1.00 bits per heavy atom. The molecule has 6 heteroatoms. The second kappa shape index (κ2) is 10.1. The highest BCUT2D eigenvalue weighted by molar-refractivity contribution is 5.79. The van der Waals surface area contributed by atoms with Crippen LogP contribution in [0.5, 0.6) is 0 Å². The molecule has 1 aromatic heterocycles. The number of benzene rings is 2. The van der Waals surface area contributed by atoms with Gasteiger partial charge in [0, 0.05) is 13.1 Å². The Kier molecular flexibility index (Phi) is 6.98. The van der Waals surface area contributed by atoms with E-state index in [1.807, 2.05) is 10.7 Å². The molecule has 0 unspecified atom stereocenters. The Hall–Kier alpha value is -3.15. The Morgan fingerprint density at radius 2 is 1.81 bits per heavy atom. The molecule has 27 heavy (non-hydrogen) atoms. The van der Waals surface area contributed by atoms with E-state index in [-0.39, 0.29) is 0 Å². The normalized spacial score (nSPS) is 11.4. The van der Waals surface area contributed by atoms with E-state index in [0.717, 1.165) is 25.5 Å². The van der Waals surface area contributed by atoms with E-state index in [4.69, 9.17) is 4.99 Å². The zero-order chi connectivity index (χ0) is 18.7. The van der Waals surface area contributed by atoms with E-state index >= 15 is 0 Å². The average Bonchev–Trinajstić information content (AvgIpc) is 3.20. The molecule has 0 fully saturated rings. The van der Waals surface area contributed by atoms with Crippen molar-refractivity contribution in [1.29, 1.82) is 0 Å². The first-order valence-electron chi connectivity index (χ1n) is 9.30. The lowest BCUT2D eigenvalue weighted by atomic mass is 10.1. The van der Waals surface area contributed by atoms with Crippen molar-refractivity contribution in [3.8, 4) is 0 Å². The van der Waals surface area contributed by atoms with Gasteiger partial charge in [0.15, 0.2) is 5.96 Å². The lowest BCUT2D eigenvalue weighted by Crippen LogP contribution is -2.38. The molecular formula is C21H26N6. The SMILES string of the molecule is CCNC(=NCc1cccc(Cn2cncn2)c1)NCCc1ccccc1. The molecule has 0 amide bonds. The van der Waals surface area contributed by atoms with Crippen molar-refractivity contribution in [2.24, 2.45) is 4.99 Å². The Labute approximate surface area is 160 Å². The molecule has 0 atom stereocenters. The van der Waals surface area contributed by atoms with Gasteiger partial charge in [-0.05, 0) is 30.0 Å². The zero-order valence-corrected chi connectivity index (χ0v) is 15.7. The summed E-state index contributed by atoms with van der Waals surface area (Å²) in [6.45, 7) is 5.11. The van der Waals surface area contributed by atoms with E-state index in [0.29, 0.717) is 13.1 Å². The van der Waals surface area contributed by atoms with Gasteiger partial charge in [0.05, 0.1) is 13.1 Å². The van der Waals surface area contributed by atoms with Gasteiger partial charge in [-0.25, -0.2) is 14.7 Å². The predicted octanol–water partition coefficient (Wildman–Crippen LogP) is 2.62. The van der Waals surface area contributed by atoms with Crippen LogP contribution in [-0.2, 0) is 19.5 Å². The second-order valence-electron chi connectivity index (χ2n) is 6.27. The highest BCUT2D eigenvalue weighted by Gasteiger charge is 2.01. The van der Waals surface area contributed by atoms with Crippen LogP contribution in [0, 0.1) is 0 Å². The van der Waals surface area contributed by atoms with E-state index in [9.17, 15) is 0 Å². The minimum atomic E-state index is 0.631. The van der Waals surface area contributed by atoms with E-state index < -0.39 is 0 Å². The van der Waals surface area contributed by atoms with Crippen LogP contribution >= 0.6 is 0 Å². The highest BCUT2D eigenvalue weighted by Crippen LogP contribution is 2.08. The Balaban J connectivity index is 1.55. The monoisotopic (exact) mass is 362 g/mol. The van der Waals surface area contributed by atoms with Crippen LogP contribution in [0.1, 0.15) is 23.6 Å². The van der Waals surface area contributed by atoms with Gasteiger partial charge in [-0.3, -0.25) is 0 Å². The summed E-state index contributed by atoms with van der Waals surface area (Å²) in [6, 6.07) is 18.9. The van der Waals surface area contributed by atoms with Crippen molar-refractivity contribution < 1.29 is 0 Å². The molecule has 0 aliphatic carbocycles. The van der Waals surface area contributed by atoms with Crippen molar-refractivity contribution in [2.75, 3.05) is 13.1 Å². The first-order valence-corrected chi connectivity index (χ1v) is 9.30. The number of rotatable bonds is 8. The average molecular weight is 362 g/mol. The molecule has 2 aromatic carbocycles. The van der Waals surface area contributed by atoms with Gasteiger partial charge in [-0.2, -0.15) is 5.10 Å². The van der Waals surface area contributed by atoms with Gasteiger partial charge in [-0.1, -0.05) is 54.6 Å². The smallest absolute Gasteiger partial charge is 0.191 e. The summed E-state index contributed by atoms with van der Waals surface area (Å²) in [5, 5.41) is 10.9. The molecule has 140 valence electrons. The maximum absolute atomic E-state index is 4.71. The van der Waals surface area contributed by atoms with E-state index in [1.54, 1.807) is 12.7 Å². The predicted molar refractivity (Wildman–Crippen MR) is 109 cm³/mol. The standard InChI is InChI=1S/C21H26N6/c1-2-23-21(24-12-11-18-7-4-3-5-8-18)25-14-19-9-6-10-20(13-19)15-27-17-22-16-26-27/h3-10,13,16-17H,2,11-12,14-15H2,1H3,(H2,23,24,25). The van der Waals surface area contributed by atoms with Crippen LogP contribution < -0.4 is 10.6 Å². The number of aliphatic imine (C=N–C) groups is 1. The lowest BCUT2D eigenvalue weighted by molar-refractivity contribution is 0.684. The maximum Gasteiger partial charge on any atom is 0.191 e. The molecular weight excluding hydrogens is 336 g/mol. The van der Waals surface area contributed by atoms with Gasteiger partial charge in [0.1, 0.15) is 12.7 Å². The molecule has 6 nitrogen and oxygen atoms in total. The quantitative estimate of drug-likeness (QED) is 0.477. The van der Waals surface area contributed by atoms with Crippen LogP contribution in [0.2, 0.25) is 0 Å². The first-order chi connectivity index (χ1) is 13.3. The third kappa shape index (κ3) is 6.26. The number of guanidine groups is 1. The maximum atomic E-state index is 4.71. The van der Waals surface area contributed by atoms with Crippen molar-refractivity contribution in [3.63, 3.8) is 0 Å². The van der Waals surface area contributed by atoms with Crippen molar-refractivity contribution >= 4 is 5.96 Å². The number of hydrogen-bond donors (Lipinski definition) is 2. The largest absolute Gasteiger partial charge is 0.357 e. The van der Waals surface area contributed by atoms with Gasteiger partial charge >= 0.3 is 0 Å². The molecule has 0 aliphatic heterocycles. The minimum absolute atomic E-state index is 0.631. The van der Waals surface area contributed by atoms with E-state index in [1.165, 1.54) is 16.7 Å². The number of nitrogens with zero attached hydrogens (tertiary/aromatic N) is 4. The third-order valence-corrected chi connectivity index (χ3v) is 4.12. The van der Waals surface area contributed by atoms with Crippen molar-refractivity contribution in [1.82, 2.24) is 25.4 Å². The fourth-order valence-corrected chi connectivity index (χ4v) is 2.81. The Bertz CT molecular complexity index is 827. The fraction of sp³-hybridized carbons (Fsp3) is 0.286. The molecule has 0 saturated carbocycles. The number of aromatic nitrogens is 3. The van der Waals surface area contributed by atoms with Gasteiger partial charge in [-0.15, -0.1) is 0 Å². The fourth-order valence-electron chi connectivity index (χ4n) is 2.81. The number of hydrogen-bond acceptors (Lipinski definition) is 3. The highest BCUT2D eigenvalue weighted by atomic mass is 15.3. The summed E-state index contributed by atoms with van der Waals surface area (Å²) < 4.78 is 1.82. The van der Waals surface area contributed by atoms with E-state index in [2.05, 4.69) is 76.2 Å². The summed E-state index contributed by atoms with van der Waals surface area (Å²) in [4.78, 5) is 8.70. The van der Waals surface area contributed by atoms with Crippen LogP contribution in [0.25, 0.3) is 0 Å². The molecule has 3 aromatic rings. The molecule has 1 heterocycles. The summed E-state index contributed by atoms with van der Waals surface area (Å²) >= 11 is 0. The van der Waals surface area contributed by atoms with Gasteiger partial charge < -0.3 is 10.6 Å². The van der Waals surface area contributed by atoms with Gasteiger partial charge in [0.25, 0.3) is 0 Å². The first kappa shape index (κ1) is 18.6. The topological polar surface area (TPSA) is 67.1 Å². The van der Waals surface area contributed by atoms with Crippen molar-refractivity contribution in [2.45, 2.75) is 26.4 Å². The van der Waals surface area contributed by atoms with Crippen molar-refractivity contribution in [3.05, 3.63) is 83.9 Å². The molecule has 2 N–H and O–H groups in total. The molecule has 0 aliphatic rings. The Morgan fingerprint density at radius 3 is 2.59 bits per heavy atom. The molecule has 3 rings (SSSR count). The summed E-state index contributed by atoms with van der Waals surface area (Å²) in [5.74, 6) is 0.843. The molecule has 0 saturated heterocycles. The summed E-state index contributed by atoms with van der Waals surface area (Å²) in [5.41, 5.74) is 3.68. The second-order valence-corrected chi connectivity index (χ2v) is 6.27. The van der Waals surface area contributed by atoms with Gasteiger partial charge in [0.2, 0.25) is 0 Å². The lowest BCUT2D eigenvalue weighted by Gasteiger charge is -2.11. The zero-order valence-electron chi connectivity index (χ0n) is 15.7. The van der Waals surface area contributed by atoms with Crippen LogP contribution in [0.4, 0.5) is 0 Å². The summed E-state index contributed by atoms with van der Waals surface area (Å²) in [7, 11) is 0. The summed E-state index contributed by atoms with van der Waals surface area (Å²) in [6.07, 6.45) is 4.25. The molecule has 0 bridgehead atoms. The number of nitrogens with one attached hydrogen (secondary N) is 2. The molecule has 0 spiro atoms. The molecule has 0 radical (unpaired) electrons. The van der Waals surface area contributed by atoms with Crippen LogP contribution in [0.3, 0.4) is 0 Å². The third-order valence-electron chi connectivity index (χ3n) is 4.12. The van der Waals surface area contributed by atoms with Crippen LogP contribution in [0.15, 0.2) is 72.2 Å².